The van der Waals surface area contributed by atoms with E-state index in [0.29, 0.717) is 22.3 Å². The van der Waals surface area contributed by atoms with E-state index in [1.165, 1.54) is 23.9 Å². The maximum atomic E-state index is 13.4. The van der Waals surface area contributed by atoms with Gasteiger partial charge in [0.1, 0.15) is 11.1 Å². The molecule has 9 heteroatoms. The zero-order valence-electron chi connectivity index (χ0n) is 18.4. The Hall–Kier alpha value is -3.49. The summed E-state index contributed by atoms with van der Waals surface area (Å²) < 4.78 is 13.4. The first-order valence-corrected chi connectivity index (χ1v) is 12.2. The Morgan fingerprint density at radius 1 is 1.06 bits per heavy atom. The lowest BCUT2D eigenvalue weighted by Gasteiger charge is -2.23. The maximum Gasteiger partial charge on any atom is 0.262 e. The van der Waals surface area contributed by atoms with E-state index in [1.54, 1.807) is 41.4 Å². The fourth-order valence-electron chi connectivity index (χ4n) is 3.95. The zero-order valence-corrected chi connectivity index (χ0v) is 20.0. The molecule has 6 nitrogen and oxygen atoms in total. The van der Waals surface area contributed by atoms with Crippen molar-refractivity contribution in [1.29, 1.82) is 0 Å². The van der Waals surface area contributed by atoms with E-state index in [1.807, 2.05) is 30.3 Å². The lowest BCUT2D eigenvalue weighted by molar-refractivity contribution is -0.121. The van der Waals surface area contributed by atoms with Crippen molar-refractivity contribution in [2.45, 2.75) is 24.1 Å². The van der Waals surface area contributed by atoms with Gasteiger partial charge in [0.15, 0.2) is 5.17 Å². The number of hydrogen-bond acceptors (Lipinski definition) is 5. The Morgan fingerprint density at radius 2 is 1.77 bits per heavy atom. The van der Waals surface area contributed by atoms with Crippen molar-refractivity contribution in [2.24, 2.45) is 10.1 Å². The van der Waals surface area contributed by atoms with Crippen LogP contribution in [0.4, 0.5) is 10.1 Å². The highest BCUT2D eigenvalue weighted by Gasteiger charge is 2.39. The van der Waals surface area contributed by atoms with Gasteiger partial charge in [0.05, 0.1) is 11.8 Å². The highest BCUT2D eigenvalue weighted by molar-refractivity contribution is 8.15. The van der Waals surface area contributed by atoms with Gasteiger partial charge in [-0.25, -0.2) is 9.40 Å². The third kappa shape index (κ3) is 5.28. The topological polar surface area (TPSA) is 74.1 Å². The number of amidine groups is 1. The molecule has 2 atom stereocenters. The van der Waals surface area contributed by atoms with Crippen molar-refractivity contribution in [3.8, 4) is 0 Å². The van der Waals surface area contributed by atoms with Gasteiger partial charge in [-0.05, 0) is 47.5 Å². The number of thioether (sulfide) groups is 1. The second-order valence-corrected chi connectivity index (χ2v) is 9.73. The molecule has 0 saturated carbocycles. The number of aliphatic imine (C=N–C) groups is 1. The normalized spacial score (nSPS) is 19.5. The van der Waals surface area contributed by atoms with Crippen molar-refractivity contribution in [1.82, 2.24) is 5.01 Å². The molecule has 0 aromatic heterocycles. The van der Waals surface area contributed by atoms with Crippen LogP contribution < -0.4 is 5.32 Å². The molecule has 2 aliphatic rings. The van der Waals surface area contributed by atoms with Crippen LogP contribution in [0.15, 0.2) is 89.0 Å². The third-order valence-corrected chi connectivity index (χ3v) is 7.09. The van der Waals surface area contributed by atoms with Gasteiger partial charge in [-0.15, -0.1) is 0 Å². The monoisotopic (exact) mass is 506 g/mol. The van der Waals surface area contributed by atoms with Gasteiger partial charge >= 0.3 is 0 Å². The number of anilines is 1. The van der Waals surface area contributed by atoms with E-state index in [0.717, 1.165) is 16.8 Å². The standard InChI is InChI=1S/C26H20ClFN4O2S/c27-18-10-6-17(7-11-18)22-14-21(16-8-12-19(28)13-9-16)31-32(22)26-30-25(34)23(35-26)15-24(33)29-20-4-2-1-3-5-20/h1-13,22-23H,14-15H2,(H,29,33)/t22-,23+/m1/s1. The molecule has 0 saturated heterocycles. The fourth-order valence-corrected chi connectivity index (χ4v) is 5.14. The summed E-state index contributed by atoms with van der Waals surface area (Å²) in [7, 11) is 0. The number of rotatable bonds is 5. The van der Waals surface area contributed by atoms with Crippen LogP contribution in [0.2, 0.25) is 5.02 Å². The van der Waals surface area contributed by atoms with Crippen LogP contribution in [-0.2, 0) is 9.59 Å². The molecule has 0 radical (unpaired) electrons. The number of carbonyl (C=O) groups excluding carboxylic acids is 2. The summed E-state index contributed by atoms with van der Waals surface area (Å²) in [5.41, 5.74) is 3.17. The van der Waals surface area contributed by atoms with Crippen LogP contribution in [-0.4, -0.2) is 33.0 Å². The fraction of sp³-hybridized carbons (Fsp3) is 0.154. The first-order chi connectivity index (χ1) is 17.0. The Bertz CT molecular complexity index is 1310. The molecule has 3 aromatic rings. The summed E-state index contributed by atoms with van der Waals surface area (Å²) in [6, 6.07) is 22.5. The van der Waals surface area contributed by atoms with Crippen molar-refractivity contribution in [2.75, 3.05) is 5.32 Å². The summed E-state index contributed by atoms with van der Waals surface area (Å²) in [5.74, 6) is -0.949. The molecule has 2 amide bonds. The Morgan fingerprint density at radius 3 is 2.49 bits per heavy atom. The molecule has 2 heterocycles. The first kappa shape index (κ1) is 23.3. The van der Waals surface area contributed by atoms with Gasteiger partial charge in [-0.2, -0.15) is 10.1 Å². The van der Waals surface area contributed by atoms with Gasteiger partial charge in [0.2, 0.25) is 5.91 Å². The van der Waals surface area contributed by atoms with Crippen LogP contribution in [0.25, 0.3) is 0 Å². The lowest BCUT2D eigenvalue weighted by Crippen LogP contribution is -2.25. The number of carbonyl (C=O) groups is 2. The number of amides is 2. The van der Waals surface area contributed by atoms with Crippen molar-refractivity contribution in [3.63, 3.8) is 0 Å². The van der Waals surface area contributed by atoms with Crippen LogP contribution in [0.1, 0.15) is 30.0 Å². The number of hydrogen-bond donors (Lipinski definition) is 1. The molecule has 0 spiro atoms. The summed E-state index contributed by atoms with van der Waals surface area (Å²) in [4.78, 5) is 29.4. The molecule has 0 aliphatic carbocycles. The van der Waals surface area contributed by atoms with E-state index < -0.39 is 5.25 Å². The summed E-state index contributed by atoms with van der Waals surface area (Å²) >= 11 is 7.31. The van der Waals surface area contributed by atoms with Gasteiger partial charge in [-0.3, -0.25) is 9.59 Å². The molecule has 0 bridgehead atoms. The third-order valence-electron chi connectivity index (χ3n) is 5.70. The van der Waals surface area contributed by atoms with Crippen LogP contribution in [0.3, 0.4) is 0 Å². The van der Waals surface area contributed by atoms with Crippen LogP contribution >= 0.6 is 23.4 Å². The maximum absolute atomic E-state index is 13.4. The molecule has 176 valence electrons. The van der Waals surface area contributed by atoms with E-state index >= 15 is 0 Å². The smallest absolute Gasteiger partial charge is 0.262 e. The van der Waals surface area contributed by atoms with Crippen molar-refractivity contribution < 1.29 is 14.0 Å². The van der Waals surface area contributed by atoms with E-state index in [-0.39, 0.29) is 30.1 Å². The molecule has 0 fully saturated rings. The molecule has 2 aliphatic heterocycles. The van der Waals surface area contributed by atoms with E-state index in [9.17, 15) is 14.0 Å². The first-order valence-electron chi connectivity index (χ1n) is 11.0. The van der Waals surface area contributed by atoms with Gasteiger partial charge < -0.3 is 5.32 Å². The lowest BCUT2D eigenvalue weighted by atomic mass is 9.99. The number of benzene rings is 3. The van der Waals surface area contributed by atoms with Gasteiger partial charge in [0.25, 0.3) is 5.91 Å². The SMILES string of the molecule is O=C(C[C@@H]1SC(N2N=C(c3ccc(F)cc3)C[C@@H]2c2ccc(Cl)cc2)=NC1=O)Nc1ccccc1. The Balaban J connectivity index is 1.36. The predicted molar refractivity (Wildman–Crippen MR) is 137 cm³/mol. The average molecular weight is 507 g/mol. The number of para-hydroxylation sites is 1. The quantitative estimate of drug-likeness (QED) is 0.484. The predicted octanol–water partition coefficient (Wildman–Crippen LogP) is 5.66. The van der Waals surface area contributed by atoms with Crippen LogP contribution in [0, 0.1) is 5.82 Å². The van der Waals surface area contributed by atoms with E-state index in [4.69, 9.17) is 16.7 Å². The Kier molecular flexibility index (Phi) is 6.66. The molecular formula is C26H20ClFN4O2S. The Labute approximate surface area is 210 Å². The number of nitrogens with zero attached hydrogens (tertiary/aromatic N) is 3. The number of nitrogens with one attached hydrogen (secondary N) is 1. The second kappa shape index (κ2) is 10.0. The minimum Gasteiger partial charge on any atom is -0.326 e. The molecule has 3 aromatic carbocycles. The molecule has 35 heavy (non-hydrogen) atoms. The zero-order chi connectivity index (χ0) is 24.4. The summed E-state index contributed by atoms with van der Waals surface area (Å²) in [5, 5.41) is 9.70. The van der Waals surface area contributed by atoms with Crippen molar-refractivity contribution >= 4 is 51.7 Å². The highest BCUT2D eigenvalue weighted by atomic mass is 35.5. The minimum atomic E-state index is -0.635. The van der Waals surface area contributed by atoms with Gasteiger partial charge in [-0.1, -0.05) is 65.8 Å². The van der Waals surface area contributed by atoms with Crippen molar-refractivity contribution in [3.05, 3.63) is 101 Å². The molecular weight excluding hydrogens is 487 g/mol. The second-order valence-electron chi connectivity index (χ2n) is 8.13. The summed E-state index contributed by atoms with van der Waals surface area (Å²) in [6.45, 7) is 0. The van der Waals surface area contributed by atoms with E-state index in [2.05, 4.69) is 10.3 Å². The van der Waals surface area contributed by atoms with Crippen LogP contribution in [0.5, 0.6) is 0 Å². The average Bonchev–Trinajstić information content (AvgIpc) is 3.45. The highest BCUT2D eigenvalue weighted by Crippen LogP contribution is 2.39. The minimum absolute atomic E-state index is 0.000616. The number of hydrazone groups is 1. The van der Waals surface area contributed by atoms with Gasteiger partial charge in [0, 0.05) is 23.6 Å². The molecule has 1 N–H and O–H groups in total. The summed E-state index contributed by atoms with van der Waals surface area (Å²) in [6.07, 6.45) is 0.541. The largest absolute Gasteiger partial charge is 0.326 e. The molecule has 5 rings (SSSR count). The molecule has 0 unspecified atom stereocenters. The number of halogens is 2.